The number of nitrogens with zero attached hydrogens (tertiary/aromatic N) is 2. The third kappa shape index (κ3) is 4.82. The number of aryl methyl sites for hydroxylation is 1. The number of nitrogens with one attached hydrogen (secondary N) is 2. The predicted octanol–water partition coefficient (Wildman–Crippen LogP) is 2.88. The first-order chi connectivity index (χ1) is 12.1. The van der Waals surface area contributed by atoms with E-state index in [1.165, 1.54) is 0 Å². The van der Waals surface area contributed by atoms with E-state index in [4.69, 9.17) is 9.47 Å². The summed E-state index contributed by atoms with van der Waals surface area (Å²) in [5.41, 5.74) is 4.85. The Morgan fingerprint density at radius 1 is 1.32 bits per heavy atom. The van der Waals surface area contributed by atoms with Crippen LogP contribution in [0.5, 0.6) is 11.5 Å². The molecule has 134 valence electrons. The summed E-state index contributed by atoms with van der Waals surface area (Å²) in [4.78, 5) is 19.2. The van der Waals surface area contributed by atoms with Gasteiger partial charge in [0.15, 0.2) is 0 Å². The molecule has 1 aromatic carbocycles. The van der Waals surface area contributed by atoms with Gasteiger partial charge in [0.05, 0.1) is 20.4 Å². The second-order valence-corrected chi connectivity index (χ2v) is 5.56. The number of H-pyrrole nitrogens is 1. The van der Waals surface area contributed by atoms with E-state index in [2.05, 4.69) is 27.4 Å². The molecule has 0 bridgehead atoms. The van der Waals surface area contributed by atoms with Crippen molar-refractivity contribution in [1.29, 1.82) is 0 Å². The van der Waals surface area contributed by atoms with Crippen molar-refractivity contribution in [3.8, 4) is 11.5 Å². The van der Waals surface area contributed by atoms with Crippen LogP contribution in [0.4, 0.5) is 5.95 Å². The van der Waals surface area contributed by atoms with E-state index in [0.29, 0.717) is 17.4 Å². The van der Waals surface area contributed by atoms with Crippen LogP contribution in [0.2, 0.25) is 0 Å². The second-order valence-electron chi connectivity index (χ2n) is 5.56. The van der Waals surface area contributed by atoms with Crippen molar-refractivity contribution in [2.24, 2.45) is 5.10 Å². The smallest absolute Gasteiger partial charge is 0.255 e. The van der Waals surface area contributed by atoms with Gasteiger partial charge in [-0.05, 0) is 31.9 Å². The van der Waals surface area contributed by atoms with E-state index in [0.717, 1.165) is 36.1 Å². The van der Waals surface area contributed by atoms with Gasteiger partial charge in [-0.15, -0.1) is 0 Å². The number of hydrogen-bond acceptors (Lipinski definition) is 6. The zero-order valence-corrected chi connectivity index (χ0v) is 15.0. The van der Waals surface area contributed by atoms with Gasteiger partial charge in [0.2, 0.25) is 5.95 Å². The highest BCUT2D eigenvalue weighted by molar-refractivity contribution is 5.84. The van der Waals surface area contributed by atoms with E-state index in [-0.39, 0.29) is 5.56 Å². The van der Waals surface area contributed by atoms with Crippen LogP contribution in [-0.2, 0) is 6.42 Å². The van der Waals surface area contributed by atoms with E-state index in [1.54, 1.807) is 26.5 Å². The van der Waals surface area contributed by atoms with E-state index >= 15 is 0 Å². The molecule has 0 spiro atoms. The van der Waals surface area contributed by atoms with Gasteiger partial charge < -0.3 is 9.47 Å². The lowest BCUT2D eigenvalue weighted by atomic mass is 10.1. The number of ether oxygens (including phenoxy) is 2. The van der Waals surface area contributed by atoms with Crippen molar-refractivity contribution in [3.63, 3.8) is 0 Å². The van der Waals surface area contributed by atoms with Crippen molar-refractivity contribution in [3.05, 3.63) is 45.4 Å². The van der Waals surface area contributed by atoms with Crippen molar-refractivity contribution >= 4 is 12.2 Å². The molecule has 0 aliphatic heterocycles. The lowest BCUT2D eigenvalue weighted by molar-refractivity contribution is 0.394. The molecule has 0 fully saturated rings. The van der Waals surface area contributed by atoms with Crippen LogP contribution in [0.25, 0.3) is 0 Å². The Hall–Kier alpha value is -2.83. The Morgan fingerprint density at radius 2 is 2.12 bits per heavy atom. The first kappa shape index (κ1) is 18.5. The molecular weight excluding hydrogens is 320 g/mol. The van der Waals surface area contributed by atoms with Crippen LogP contribution in [0, 0.1) is 6.92 Å². The third-order valence-electron chi connectivity index (χ3n) is 3.82. The molecule has 0 unspecified atom stereocenters. The zero-order valence-electron chi connectivity index (χ0n) is 15.0. The van der Waals surface area contributed by atoms with Gasteiger partial charge in [-0.1, -0.05) is 13.3 Å². The summed E-state index contributed by atoms with van der Waals surface area (Å²) in [6.07, 6.45) is 4.33. The number of benzene rings is 1. The summed E-state index contributed by atoms with van der Waals surface area (Å²) in [7, 11) is 3.18. The number of hydrogen-bond donors (Lipinski definition) is 2. The van der Waals surface area contributed by atoms with Crippen molar-refractivity contribution < 1.29 is 9.47 Å². The summed E-state index contributed by atoms with van der Waals surface area (Å²) in [5, 5.41) is 4.12. The number of hydrazone groups is 1. The maximum atomic E-state index is 12.1. The van der Waals surface area contributed by atoms with Gasteiger partial charge >= 0.3 is 0 Å². The summed E-state index contributed by atoms with van der Waals surface area (Å²) in [6.45, 7) is 3.93. The lowest BCUT2D eigenvalue weighted by Crippen LogP contribution is -2.18. The van der Waals surface area contributed by atoms with Crippen molar-refractivity contribution in [1.82, 2.24) is 9.97 Å². The van der Waals surface area contributed by atoms with Crippen LogP contribution < -0.4 is 20.5 Å². The standard InChI is InChI=1S/C18H24N4O3/c1-5-6-7-15-12(2)20-18(21-17(15)23)22-19-11-13-8-9-14(24-3)10-16(13)25-4/h8-11H,5-7H2,1-4H3,(H2,20,21,22,23). The fraction of sp³-hybridized carbons (Fsp3) is 0.389. The highest BCUT2D eigenvalue weighted by Gasteiger charge is 2.07. The Balaban J connectivity index is 2.13. The Bertz CT molecular complexity index is 799. The minimum atomic E-state index is -0.124. The fourth-order valence-electron chi connectivity index (χ4n) is 2.40. The molecule has 0 radical (unpaired) electrons. The molecular formula is C18H24N4O3. The largest absolute Gasteiger partial charge is 0.497 e. The summed E-state index contributed by atoms with van der Waals surface area (Å²) >= 11 is 0. The average molecular weight is 344 g/mol. The van der Waals surface area contributed by atoms with Gasteiger partial charge in [0, 0.05) is 22.9 Å². The number of methoxy groups -OCH3 is 2. The summed E-state index contributed by atoms with van der Waals surface area (Å²) in [6, 6.07) is 5.42. The first-order valence-electron chi connectivity index (χ1n) is 8.20. The molecule has 2 rings (SSSR count). The number of unbranched alkanes of at least 4 members (excludes halogenated alkanes) is 1. The maximum absolute atomic E-state index is 12.1. The molecule has 25 heavy (non-hydrogen) atoms. The van der Waals surface area contributed by atoms with Crippen LogP contribution in [0.1, 0.15) is 36.6 Å². The van der Waals surface area contributed by atoms with Gasteiger partial charge in [-0.25, -0.2) is 10.4 Å². The van der Waals surface area contributed by atoms with Crippen molar-refractivity contribution in [2.45, 2.75) is 33.1 Å². The minimum Gasteiger partial charge on any atom is -0.497 e. The third-order valence-corrected chi connectivity index (χ3v) is 3.82. The van der Waals surface area contributed by atoms with Gasteiger partial charge in [-0.2, -0.15) is 5.10 Å². The SMILES string of the molecule is CCCCc1c(C)nc(NN=Cc2ccc(OC)cc2OC)[nH]c1=O. The normalized spacial score (nSPS) is 10.9. The fourth-order valence-corrected chi connectivity index (χ4v) is 2.40. The second kappa shape index (κ2) is 8.86. The Morgan fingerprint density at radius 3 is 2.76 bits per heavy atom. The Kier molecular flexibility index (Phi) is 6.56. The summed E-state index contributed by atoms with van der Waals surface area (Å²) < 4.78 is 10.5. The topological polar surface area (TPSA) is 88.6 Å². The van der Waals surface area contributed by atoms with Gasteiger partial charge in [0.25, 0.3) is 5.56 Å². The van der Waals surface area contributed by atoms with E-state index in [1.807, 2.05) is 19.1 Å². The van der Waals surface area contributed by atoms with Gasteiger partial charge in [0.1, 0.15) is 11.5 Å². The Labute approximate surface area is 147 Å². The van der Waals surface area contributed by atoms with Crippen LogP contribution >= 0.6 is 0 Å². The van der Waals surface area contributed by atoms with Crippen molar-refractivity contribution in [2.75, 3.05) is 19.6 Å². The summed E-state index contributed by atoms with van der Waals surface area (Å²) in [5.74, 6) is 1.65. The molecule has 0 amide bonds. The molecule has 0 saturated heterocycles. The molecule has 0 aliphatic rings. The molecule has 7 nitrogen and oxygen atoms in total. The monoisotopic (exact) mass is 344 g/mol. The average Bonchev–Trinajstić information content (AvgIpc) is 2.61. The highest BCUT2D eigenvalue weighted by Crippen LogP contribution is 2.23. The number of aromatic amines is 1. The van der Waals surface area contributed by atoms with Gasteiger partial charge in [-0.3, -0.25) is 9.78 Å². The first-order valence-corrected chi connectivity index (χ1v) is 8.20. The molecule has 0 atom stereocenters. The maximum Gasteiger partial charge on any atom is 0.255 e. The predicted molar refractivity (Wildman–Crippen MR) is 99.0 cm³/mol. The molecule has 0 saturated carbocycles. The quantitative estimate of drug-likeness (QED) is 0.568. The minimum absolute atomic E-state index is 0.124. The lowest BCUT2D eigenvalue weighted by Gasteiger charge is -2.08. The highest BCUT2D eigenvalue weighted by atomic mass is 16.5. The van der Waals surface area contributed by atoms with E-state index < -0.39 is 0 Å². The number of anilines is 1. The van der Waals surface area contributed by atoms with Crippen LogP contribution in [0.3, 0.4) is 0 Å². The van der Waals surface area contributed by atoms with Crippen LogP contribution in [0.15, 0.2) is 28.1 Å². The molecule has 2 N–H and O–H groups in total. The van der Waals surface area contributed by atoms with E-state index in [9.17, 15) is 4.79 Å². The number of aromatic nitrogens is 2. The molecule has 2 aromatic rings. The number of rotatable bonds is 8. The molecule has 7 heteroatoms. The zero-order chi connectivity index (χ0) is 18.2. The molecule has 1 heterocycles. The van der Waals surface area contributed by atoms with Crippen LogP contribution in [-0.4, -0.2) is 30.4 Å². The molecule has 1 aromatic heterocycles. The molecule has 0 aliphatic carbocycles.